The Morgan fingerprint density at radius 3 is 2.35 bits per heavy atom. The molecule has 4 heteroatoms. The summed E-state index contributed by atoms with van der Waals surface area (Å²) in [4.78, 5) is 5.09. The number of halogens is 1. The van der Waals surface area contributed by atoms with Crippen LogP contribution in [0, 0.1) is 0 Å². The highest BCUT2D eigenvalue weighted by atomic mass is 35.5. The number of hydrogen-bond donors (Lipinski definition) is 0. The molecule has 2 fully saturated rings. The van der Waals surface area contributed by atoms with E-state index in [1.807, 2.05) is 19.2 Å². The van der Waals surface area contributed by atoms with Crippen molar-refractivity contribution in [3.8, 4) is 0 Å². The van der Waals surface area contributed by atoms with E-state index in [9.17, 15) is 0 Å². The van der Waals surface area contributed by atoms with Crippen LogP contribution in [0.25, 0.3) is 0 Å². The van der Waals surface area contributed by atoms with Gasteiger partial charge >= 0.3 is 0 Å². The highest BCUT2D eigenvalue weighted by Gasteiger charge is 2.30. The van der Waals surface area contributed by atoms with Crippen LogP contribution in [0.1, 0.15) is 19.3 Å². The molecule has 0 bridgehead atoms. The van der Waals surface area contributed by atoms with Crippen LogP contribution in [-0.2, 0) is 4.74 Å². The standard InChI is InChI=1S/C16H23ClN2O/c1-20-16-8-11-19(12-16)15-6-9-18(10-7-15)14-4-2-13(17)3-5-14/h2-5,15-16H,6-12H2,1H3. The monoisotopic (exact) mass is 294 g/mol. The molecule has 1 aromatic carbocycles. The van der Waals surface area contributed by atoms with Gasteiger partial charge in [0.1, 0.15) is 0 Å². The molecular weight excluding hydrogens is 272 g/mol. The van der Waals surface area contributed by atoms with Crippen molar-refractivity contribution in [1.82, 2.24) is 4.90 Å². The second kappa shape index (κ2) is 6.33. The number of rotatable bonds is 3. The quantitative estimate of drug-likeness (QED) is 0.852. The summed E-state index contributed by atoms with van der Waals surface area (Å²) < 4.78 is 5.47. The molecule has 2 heterocycles. The molecule has 2 saturated heterocycles. The summed E-state index contributed by atoms with van der Waals surface area (Å²) in [5.74, 6) is 0. The van der Waals surface area contributed by atoms with Crippen LogP contribution in [0.5, 0.6) is 0 Å². The molecule has 0 radical (unpaired) electrons. The van der Waals surface area contributed by atoms with Crippen molar-refractivity contribution in [2.75, 3.05) is 38.2 Å². The van der Waals surface area contributed by atoms with Crippen molar-refractivity contribution in [2.45, 2.75) is 31.4 Å². The lowest BCUT2D eigenvalue weighted by molar-refractivity contribution is 0.0975. The van der Waals surface area contributed by atoms with Gasteiger partial charge in [0.05, 0.1) is 6.10 Å². The molecule has 2 aliphatic heterocycles. The average Bonchev–Trinajstić information content (AvgIpc) is 2.97. The molecular formula is C16H23ClN2O. The molecule has 110 valence electrons. The van der Waals surface area contributed by atoms with E-state index in [2.05, 4.69) is 21.9 Å². The first-order valence-electron chi connectivity index (χ1n) is 7.53. The van der Waals surface area contributed by atoms with Crippen LogP contribution < -0.4 is 4.90 Å². The fraction of sp³-hybridized carbons (Fsp3) is 0.625. The molecule has 0 spiro atoms. The van der Waals surface area contributed by atoms with Gasteiger partial charge in [0.15, 0.2) is 0 Å². The van der Waals surface area contributed by atoms with Gasteiger partial charge in [-0.25, -0.2) is 0 Å². The molecule has 1 unspecified atom stereocenters. The molecule has 1 atom stereocenters. The minimum atomic E-state index is 0.448. The summed E-state index contributed by atoms with van der Waals surface area (Å²) >= 11 is 5.95. The zero-order valence-corrected chi connectivity index (χ0v) is 12.9. The van der Waals surface area contributed by atoms with Crippen molar-refractivity contribution in [3.05, 3.63) is 29.3 Å². The average molecular weight is 295 g/mol. The van der Waals surface area contributed by atoms with Crippen LogP contribution in [0.15, 0.2) is 24.3 Å². The Morgan fingerprint density at radius 1 is 1.05 bits per heavy atom. The van der Waals surface area contributed by atoms with Gasteiger partial charge in [-0.1, -0.05) is 11.6 Å². The van der Waals surface area contributed by atoms with E-state index in [1.54, 1.807) is 0 Å². The van der Waals surface area contributed by atoms with Crippen LogP contribution in [-0.4, -0.2) is 50.3 Å². The number of benzene rings is 1. The topological polar surface area (TPSA) is 15.7 Å². The van der Waals surface area contributed by atoms with E-state index in [1.165, 1.54) is 31.5 Å². The number of methoxy groups -OCH3 is 1. The number of nitrogens with zero attached hydrogens (tertiary/aromatic N) is 2. The molecule has 3 nitrogen and oxygen atoms in total. The molecule has 0 amide bonds. The third-order valence-electron chi connectivity index (χ3n) is 4.68. The van der Waals surface area contributed by atoms with Crippen molar-refractivity contribution < 1.29 is 4.74 Å². The van der Waals surface area contributed by atoms with Gasteiger partial charge in [-0.2, -0.15) is 0 Å². The number of likely N-dealkylation sites (tertiary alicyclic amines) is 1. The highest BCUT2D eigenvalue weighted by Crippen LogP contribution is 2.26. The maximum absolute atomic E-state index is 5.95. The maximum Gasteiger partial charge on any atom is 0.0710 e. The highest BCUT2D eigenvalue weighted by molar-refractivity contribution is 6.30. The first-order chi connectivity index (χ1) is 9.76. The maximum atomic E-state index is 5.95. The number of piperidine rings is 1. The van der Waals surface area contributed by atoms with Crippen molar-refractivity contribution in [1.29, 1.82) is 0 Å². The zero-order chi connectivity index (χ0) is 13.9. The summed E-state index contributed by atoms with van der Waals surface area (Å²) in [6.45, 7) is 4.59. The second-order valence-electron chi connectivity index (χ2n) is 5.84. The van der Waals surface area contributed by atoms with Gasteiger partial charge in [-0.3, -0.25) is 4.90 Å². The molecule has 2 aliphatic rings. The van der Waals surface area contributed by atoms with E-state index in [4.69, 9.17) is 16.3 Å². The molecule has 0 saturated carbocycles. The molecule has 20 heavy (non-hydrogen) atoms. The Morgan fingerprint density at radius 2 is 1.75 bits per heavy atom. The third-order valence-corrected chi connectivity index (χ3v) is 4.93. The van der Waals surface area contributed by atoms with Gasteiger partial charge in [0.25, 0.3) is 0 Å². The summed E-state index contributed by atoms with van der Waals surface area (Å²) in [6.07, 6.45) is 4.13. The summed E-state index contributed by atoms with van der Waals surface area (Å²) in [6, 6.07) is 8.94. The van der Waals surface area contributed by atoms with E-state index >= 15 is 0 Å². The van der Waals surface area contributed by atoms with Crippen LogP contribution in [0.3, 0.4) is 0 Å². The Kier molecular flexibility index (Phi) is 4.49. The van der Waals surface area contributed by atoms with Gasteiger partial charge < -0.3 is 9.64 Å². The number of ether oxygens (including phenoxy) is 1. The molecule has 0 aliphatic carbocycles. The van der Waals surface area contributed by atoms with Crippen LogP contribution in [0.4, 0.5) is 5.69 Å². The van der Waals surface area contributed by atoms with Crippen molar-refractivity contribution >= 4 is 17.3 Å². The minimum absolute atomic E-state index is 0.448. The smallest absolute Gasteiger partial charge is 0.0710 e. The molecule has 0 aromatic heterocycles. The lowest BCUT2D eigenvalue weighted by Gasteiger charge is -2.37. The number of anilines is 1. The van der Waals surface area contributed by atoms with Gasteiger partial charge in [-0.05, 0) is 43.5 Å². The van der Waals surface area contributed by atoms with Gasteiger partial charge in [-0.15, -0.1) is 0 Å². The van der Waals surface area contributed by atoms with Gasteiger partial charge in [0, 0.05) is 50.0 Å². The molecule has 1 aromatic rings. The molecule has 0 N–H and O–H groups in total. The third kappa shape index (κ3) is 3.11. The SMILES string of the molecule is COC1CCN(C2CCN(c3ccc(Cl)cc3)CC2)C1. The predicted octanol–water partition coefficient (Wildman–Crippen LogP) is 3.03. The summed E-state index contributed by atoms with van der Waals surface area (Å²) in [7, 11) is 1.83. The van der Waals surface area contributed by atoms with Gasteiger partial charge in [0.2, 0.25) is 0 Å². The van der Waals surface area contributed by atoms with Crippen molar-refractivity contribution in [3.63, 3.8) is 0 Å². The predicted molar refractivity (Wildman–Crippen MR) is 83.7 cm³/mol. The fourth-order valence-corrected chi connectivity index (χ4v) is 3.55. The van der Waals surface area contributed by atoms with E-state index in [-0.39, 0.29) is 0 Å². The Hall–Kier alpha value is -0.770. The Labute approximate surface area is 126 Å². The van der Waals surface area contributed by atoms with Crippen LogP contribution in [0.2, 0.25) is 5.02 Å². The minimum Gasteiger partial charge on any atom is -0.380 e. The molecule has 3 rings (SSSR count). The summed E-state index contributed by atoms with van der Waals surface area (Å²) in [5.41, 5.74) is 1.30. The number of hydrogen-bond acceptors (Lipinski definition) is 3. The Balaban J connectivity index is 1.53. The first-order valence-corrected chi connectivity index (χ1v) is 7.91. The largest absolute Gasteiger partial charge is 0.380 e. The van der Waals surface area contributed by atoms with Crippen LogP contribution >= 0.6 is 11.6 Å². The second-order valence-corrected chi connectivity index (χ2v) is 6.27. The zero-order valence-electron chi connectivity index (χ0n) is 12.1. The van der Waals surface area contributed by atoms with E-state index in [0.29, 0.717) is 6.10 Å². The summed E-state index contributed by atoms with van der Waals surface area (Å²) in [5, 5.41) is 0.811. The van der Waals surface area contributed by atoms with E-state index < -0.39 is 0 Å². The normalized spacial score (nSPS) is 25.3. The fourth-order valence-electron chi connectivity index (χ4n) is 3.42. The lowest BCUT2D eigenvalue weighted by atomic mass is 10.0. The first kappa shape index (κ1) is 14.2. The Bertz CT molecular complexity index is 429. The van der Waals surface area contributed by atoms with E-state index in [0.717, 1.165) is 30.7 Å². The van der Waals surface area contributed by atoms with Crippen molar-refractivity contribution in [2.24, 2.45) is 0 Å². The lowest BCUT2D eigenvalue weighted by Crippen LogP contribution is -2.44.